The Bertz CT molecular complexity index is 626. The van der Waals surface area contributed by atoms with E-state index in [1.165, 1.54) is 6.07 Å². The zero-order valence-corrected chi connectivity index (χ0v) is 11.5. The predicted molar refractivity (Wildman–Crippen MR) is 75.0 cm³/mol. The highest BCUT2D eigenvalue weighted by Crippen LogP contribution is 2.22. The van der Waals surface area contributed by atoms with E-state index in [2.05, 4.69) is 4.98 Å². The van der Waals surface area contributed by atoms with Crippen LogP contribution in [-0.4, -0.2) is 17.6 Å². The molecular weight excluding hydrogens is 257 g/mol. The number of aromatic nitrogens is 1. The Balaban J connectivity index is 2.45. The van der Waals surface area contributed by atoms with E-state index in [-0.39, 0.29) is 5.82 Å². The van der Waals surface area contributed by atoms with Crippen LogP contribution in [0.25, 0.3) is 11.3 Å². The lowest BCUT2D eigenvalue weighted by atomic mass is 10.1. The molecule has 0 amide bonds. The van der Waals surface area contributed by atoms with Gasteiger partial charge in [0.25, 0.3) is 0 Å². The quantitative estimate of drug-likeness (QED) is 0.798. The maximum Gasteiger partial charge on any atom is 0.339 e. The number of rotatable bonds is 4. The van der Waals surface area contributed by atoms with Crippen LogP contribution in [0.1, 0.15) is 29.9 Å². The summed E-state index contributed by atoms with van der Waals surface area (Å²) in [4.78, 5) is 16.2. The maximum atomic E-state index is 13.8. The fourth-order valence-electron chi connectivity index (χ4n) is 1.98. The van der Waals surface area contributed by atoms with Crippen LogP contribution >= 0.6 is 0 Å². The van der Waals surface area contributed by atoms with Crippen LogP contribution < -0.4 is 0 Å². The molecule has 2 aromatic rings. The molecule has 0 aliphatic carbocycles. The van der Waals surface area contributed by atoms with Crippen molar-refractivity contribution in [3.8, 4) is 11.3 Å². The number of pyridine rings is 1. The van der Waals surface area contributed by atoms with Crippen LogP contribution in [0.5, 0.6) is 0 Å². The van der Waals surface area contributed by atoms with Crippen molar-refractivity contribution in [2.75, 3.05) is 6.61 Å². The van der Waals surface area contributed by atoms with Gasteiger partial charge in [-0.15, -0.1) is 0 Å². The highest BCUT2D eigenvalue weighted by Gasteiger charge is 2.15. The minimum absolute atomic E-state index is 0.317. The summed E-state index contributed by atoms with van der Waals surface area (Å²) >= 11 is 0. The molecule has 0 aliphatic rings. The summed E-state index contributed by atoms with van der Waals surface area (Å²) < 4.78 is 18.7. The SMILES string of the molecule is CCOC(=O)c1ccc(-c2ccccc2F)nc1CC. The van der Waals surface area contributed by atoms with E-state index in [0.717, 1.165) is 0 Å². The van der Waals surface area contributed by atoms with Gasteiger partial charge in [-0.2, -0.15) is 0 Å². The van der Waals surface area contributed by atoms with Gasteiger partial charge < -0.3 is 4.74 Å². The molecule has 0 saturated carbocycles. The molecule has 1 aromatic carbocycles. The number of carbonyl (C=O) groups excluding carboxylic acids is 1. The van der Waals surface area contributed by atoms with Gasteiger partial charge in [0.2, 0.25) is 0 Å². The van der Waals surface area contributed by atoms with Gasteiger partial charge in [0, 0.05) is 5.56 Å². The first-order valence-corrected chi connectivity index (χ1v) is 6.59. The van der Waals surface area contributed by atoms with Gasteiger partial charge in [-0.05, 0) is 37.6 Å². The van der Waals surface area contributed by atoms with Crippen molar-refractivity contribution >= 4 is 5.97 Å². The number of ether oxygens (including phenoxy) is 1. The van der Waals surface area contributed by atoms with Gasteiger partial charge in [-0.25, -0.2) is 9.18 Å². The number of hydrogen-bond donors (Lipinski definition) is 0. The highest BCUT2D eigenvalue weighted by atomic mass is 19.1. The Morgan fingerprint density at radius 2 is 1.95 bits per heavy atom. The van der Waals surface area contributed by atoms with Crippen molar-refractivity contribution < 1.29 is 13.9 Å². The molecule has 2 rings (SSSR count). The summed E-state index contributed by atoms with van der Waals surface area (Å²) in [6.07, 6.45) is 0.580. The molecule has 0 fully saturated rings. The summed E-state index contributed by atoms with van der Waals surface area (Å²) in [5.74, 6) is -0.720. The molecule has 4 heteroatoms. The van der Waals surface area contributed by atoms with Crippen molar-refractivity contribution in [3.05, 3.63) is 53.5 Å². The topological polar surface area (TPSA) is 39.2 Å². The molecule has 0 atom stereocenters. The maximum absolute atomic E-state index is 13.8. The summed E-state index contributed by atoms with van der Waals surface area (Å²) in [5, 5.41) is 0. The van der Waals surface area contributed by atoms with Crippen LogP contribution in [0, 0.1) is 5.82 Å². The largest absolute Gasteiger partial charge is 0.462 e. The minimum atomic E-state index is -0.392. The van der Waals surface area contributed by atoms with Crippen molar-refractivity contribution in [1.29, 1.82) is 0 Å². The summed E-state index contributed by atoms with van der Waals surface area (Å²) in [7, 11) is 0. The van der Waals surface area contributed by atoms with Crippen molar-refractivity contribution in [2.24, 2.45) is 0 Å². The number of esters is 1. The first-order chi connectivity index (χ1) is 9.67. The minimum Gasteiger partial charge on any atom is -0.462 e. The molecule has 20 heavy (non-hydrogen) atoms. The average molecular weight is 273 g/mol. The van der Waals surface area contributed by atoms with Gasteiger partial charge in [-0.1, -0.05) is 19.1 Å². The van der Waals surface area contributed by atoms with Gasteiger partial charge in [0.15, 0.2) is 0 Å². The number of halogens is 1. The first kappa shape index (κ1) is 14.2. The van der Waals surface area contributed by atoms with Crippen LogP contribution in [0.15, 0.2) is 36.4 Å². The van der Waals surface area contributed by atoms with E-state index < -0.39 is 5.97 Å². The standard InChI is InChI=1S/C16H16FNO2/c1-3-14-12(16(19)20-4-2)9-10-15(18-14)11-7-5-6-8-13(11)17/h5-10H,3-4H2,1-2H3. The van der Waals surface area contributed by atoms with Gasteiger partial charge in [0.1, 0.15) is 5.82 Å². The molecule has 0 N–H and O–H groups in total. The predicted octanol–water partition coefficient (Wildman–Crippen LogP) is 3.63. The third kappa shape index (κ3) is 2.85. The van der Waals surface area contributed by atoms with E-state index >= 15 is 0 Å². The van der Waals surface area contributed by atoms with Gasteiger partial charge in [0.05, 0.1) is 23.6 Å². The summed E-state index contributed by atoms with van der Waals surface area (Å²) in [6, 6.07) is 9.73. The van der Waals surface area contributed by atoms with Crippen molar-refractivity contribution in [1.82, 2.24) is 4.98 Å². The van der Waals surface area contributed by atoms with Crippen molar-refractivity contribution in [2.45, 2.75) is 20.3 Å². The molecule has 0 radical (unpaired) electrons. The third-order valence-electron chi connectivity index (χ3n) is 2.95. The fourth-order valence-corrected chi connectivity index (χ4v) is 1.98. The smallest absolute Gasteiger partial charge is 0.339 e. The summed E-state index contributed by atoms with van der Waals surface area (Å²) in [6.45, 7) is 3.97. The normalized spacial score (nSPS) is 10.3. The Labute approximate surface area is 117 Å². The zero-order chi connectivity index (χ0) is 14.5. The van der Waals surface area contributed by atoms with Crippen LogP contribution in [0.2, 0.25) is 0 Å². The molecule has 1 aromatic heterocycles. The lowest BCUT2D eigenvalue weighted by molar-refractivity contribution is 0.0524. The van der Waals surface area contributed by atoms with E-state index in [1.54, 1.807) is 37.3 Å². The monoisotopic (exact) mass is 273 g/mol. The first-order valence-electron chi connectivity index (χ1n) is 6.59. The van der Waals surface area contributed by atoms with Gasteiger partial charge in [-0.3, -0.25) is 4.98 Å². The lowest BCUT2D eigenvalue weighted by Gasteiger charge is -2.09. The molecule has 0 spiro atoms. The number of benzene rings is 1. The molecular formula is C16H16FNO2. The van der Waals surface area contributed by atoms with E-state index in [4.69, 9.17) is 4.74 Å². The molecule has 0 bridgehead atoms. The third-order valence-corrected chi connectivity index (χ3v) is 2.95. The van der Waals surface area contributed by atoms with Crippen molar-refractivity contribution in [3.63, 3.8) is 0 Å². The summed E-state index contributed by atoms with van der Waals surface area (Å²) in [5.41, 5.74) is 2.00. The van der Waals surface area contributed by atoms with Crippen LogP contribution in [-0.2, 0) is 11.2 Å². The molecule has 0 unspecified atom stereocenters. The fraction of sp³-hybridized carbons (Fsp3) is 0.250. The number of aryl methyl sites for hydroxylation is 1. The second-order valence-corrected chi connectivity index (χ2v) is 4.24. The molecule has 0 saturated heterocycles. The number of nitrogens with zero attached hydrogens (tertiary/aromatic N) is 1. The van der Waals surface area contributed by atoms with E-state index in [0.29, 0.717) is 35.5 Å². The second-order valence-electron chi connectivity index (χ2n) is 4.24. The Morgan fingerprint density at radius 3 is 2.60 bits per heavy atom. The highest BCUT2D eigenvalue weighted by molar-refractivity contribution is 5.91. The molecule has 1 heterocycles. The lowest BCUT2D eigenvalue weighted by Crippen LogP contribution is -2.09. The van der Waals surface area contributed by atoms with Crippen LogP contribution in [0.4, 0.5) is 4.39 Å². The Morgan fingerprint density at radius 1 is 1.20 bits per heavy atom. The second kappa shape index (κ2) is 6.28. The Hall–Kier alpha value is -2.23. The average Bonchev–Trinajstić information content (AvgIpc) is 2.47. The number of carbonyl (C=O) groups is 1. The van der Waals surface area contributed by atoms with E-state index in [1.807, 2.05) is 6.92 Å². The zero-order valence-electron chi connectivity index (χ0n) is 11.5. The Kier molecular flexibility index (Phi) is 4.45. The molecule has 104 valence electrons. The molecule has 0 aliphatic heterocycles. The van der Waals surface area contributed by atoms with Gasteiger partial charge >= 0.3 is 5.97 Å². The molecule has 3 nitrogen and oxygen atoms in total. The van der Waals surface area contributed by atoms with E-state index in [9.17, 15) is 9.18 Å². The number of hydrogen-bond acceptors (Lipinski definition) is 3. The van der Waals surface area contributed by atoms with Crippen LogP contribution in [0.3, 0.4) is 0 Å².